The predicted molar refractivity (Wildman–Crippen MR) is 256 cm³/mol. The lowest BCUT2D eigenvalue weighted by Gasteiger charge is -2.59. The summed E-state index contributed by atoms with van der Waals surface area (Å²) in [6.45, 7) is 4.89. The Bertz CT molecular complexity index is 2410. The van der Waals surface area contributed by atoms with Crippen molar-refractivity contribution in [2.75, 3.05) is 33.5 Å². The van der Waals surface area contributed by atoms with Gasteiger partial charge in [0.25, 0.3) is 5.69 Å². The number of aliphatic hydroxyl groups is 2. The molecule has 8 rings (SSSR count). The topological polar surface area (TPSA) is 162 Å². The van der Waals surface area contributed by atoms with Crippen LogP contribution in [0.25, 0.3) is 17.2 Å². The highest BCUT2D eigenvalue weighted by Crippen LogP contribution is 2.62. The summed E-state index contributed by atoms with van der Waals surface area (Å²) in [6.07, 6.45) is 13.9. The zero-order valence-electron chi connectivity index (χ0n) is 38.1. The number of amides is 1. The number of likely N-dealkylation sites (N-methyl/N-ethyl adjacent to an activating group) is 1. The molecule has 4 aromatic rings. The van der Waals surface area contributed by atoms with Crippen molar-refractivity contribution in [3.63, 3.8) is 0 Å². The van der Waals surface area contributed by atoms with Gasteiger partial charge in [-0.2, -0.15) is 0 Å². The maximum Gasteiger partial charge on any atom is 0.269 e. The summed E-state index contributed by atoms with van der Waals surface area (Å²) in [5.41, 5.74) is 5.31. The molecular weight excluding hydrogens is 851 g/mol. The van der Waals surface area contributed by atoms with Crippen molar-refractivity contribution in [1.82, 2.24) is 4.90 Å². The van der Waals surface area contributed by atoms with E-state index in [1.54, 1.807) is 36.2 Å². The number of allylic oxidation sites excluding steroid dienone is 1. The maximum atomic E-state index is 14.5. The molecule has 67 heavy (non-hydrogen) atoms. The van der Waals surface area contributed by atoms with Crippen LogP contribution in [0.5, 0.6) is 17.2 Å². The van der Waals surface area contributed by atoms with Crippen LogP contribution in [0, 0.1) is 27.9 Å². The molecule has 2 N–H and O–H groups in total. The first-order valence-corrected chi connectivity index (χ1v) is 23.6. The van der Waals surface area contributed by atoms with Crippen molar-refractivity contribution in [2.45, 2.75) is 88.2 Å². The lowest BCUT2D eigenvalue weighted by atomic mass is 9.55. The SMILES string of the molecule is C=CCOC12Oc3ccc(Oc4ccc(-c5ccccc5)cc4)cc3C3C(CCCCO)C(CCCCO)C=C(C(=NOC4CCCCO4)CC1N(C)C(=O)C=Cc1ccc([N+](=O)[O-])cc1)C32. The van der Waals surface area contributed by atoms with Gasteiger partial charge in [0.05, 0.1) is 29.8 Å². The molecule has 13 nitrogen and oxygen atoms in total. The van der Waals surface area contributed by atoms with Gasteiger partial charge in [0.2, 0.25) is 18.0 Å². The van der Waals surface area contributed by atoms with E-state index in [0.717, 1.165) is 60.8 Å². The van der Waals surface area contributed by atoms with Crippen molar-refractivity contribution >= 4 is 23.4 Å². The fourth-order valence-corrected chi connectivity index (χ4v) is 10.3. The number of benzene rings is 4. The van der Waals surface area contributed by atoms with Crippen LogP contribution in [0.3, 0.4) is 0 Å². The minimum absolute atomic E-state index is 0.0272. The first-order chi connectivity index (χ1) is 32.7. The van der Waals surface area contributed by atoms with E-state index in [-0.39, 0.29) is 55.6 Å². The van der Waals surface area contributed by atoms with Crippen LogP contribution in [0.2, 0.25) is 0 Å². The Labute approximate surface area is 392 Å². The number of aliphatic hydroxyl groups excluding tert-OH is 2. The van der Waals surface area contributed by atoms with Gasteiger partial charge in [0, 0.05) is 62.8 Å². The van der Waals surface area contributed by atoms with Crippen molar-refractivity contribution in [3.05, 3.63) is 149 Å². The Balaban J connectivity index is 1.25. The van der Waals surface area contributed by atoms with Crippen LogP contribution in [-0.2, 0) is 19.1 Å². The Kier molecular flexibility index (Phi) is 15.6. The molecule has 1 saturated heterocycles. The average molecular weight is 912 g/mol. The van der Waals surface area contributed by atoms with E-state index in [9.17, 15) is 25.1 Å². The molecule has 13 heteroatoms. The number of unbranched alkanes of at least 4 members (excludes halogenated alkanes) is 2. The molecule has 7 atom stereocenters. The van der Waals surface area contributed by atoms with E-state index < -0.39 is 29.0 Å². The van der Waals surface area contributed by atoms with Crippen LogP contribution in [0.4, 0.5) is 5.69 Å². The highest BCUT2D eigenvalue weighted by atomic mass is 16.8. The van der Waals surface area contributed by atoms with Gasteiger partial charge < -0.3 is 38.9 Å². The fraction of sp³-hybridized carbons (Fsp3) is 0.407. The zero-order chi connectivity index (χ0) is 46.8. The summed E-state index contributed by atoms with van der Waals surface area (Å²) in [4.78, 5) is 33.2. The molecule has 1 saturated carbocycles. The van der Waals surface area contributed by atoms with Crippen molar-refractivity contribution in [2.24, 2.45) is 22.9 Å². The highest BCUT2D eigenvalue weighted by molar-refractivity contribution is 6.03. The Morgan fingerprint density at radius 1 is 0.940 bits per heavy atom. The number of non-ortho nitro benzene ring substituents is 1. The van der Waals surface area contributed by atoms with E-state index >= 15 is 0 Å². The number of fused-ring (bicyclic) bond motifs is 2. The number of nitrogens with zero attached hydrogens (tertiary/aromatic N) is 3. The van der Waals surface area contributed by atoms with Gasteiger partial charge in [-0.15, -0.1) is 6.58 Å². The monoisotopic (exact) mass is 911 g/mol. The van der Waals surface area contributed by atoms with Crippen LogP contribution in [0.1, 0.15) is 81.3 Å². The molecule has 0 aromatic heterocycles. The Hall–Kier alpha value is -6.12. The second-order valence-corrected chi connectivity index (χ2v) is 17.8. The maximum absolute atomic E-state index is 14.5. The number of hydrogen-bond donors (Lipinski definition) is 2. The molecular formula is C54H61N3O10. The van der Waals surface area contributed by atoms with Gasteiger partial charge in [-0.1, -0.05) is 72.6 Å². The number of carbonyl (C=O) groups excluding carboxylic acids is 1. The van der Waals surface area contributed by atoms with Crippen LogP contribution in [0.15, 0.2) is 133 Å². The van der Waals surface area contributed by atoms with Crippen LogP contribution < -0.4 is 9.47 Å². The number of ether oxygens (including phenoxy) is 4. The van der Waals surface area contributed by atoms with Gasteiger partial charge in [0.1, 0.15) is 23.3 Å². The van der Waals surface area contributed by atoms with Gasteiger partial charge >= 0.3 is 0 Å². The van der Waals surface area contributed by atoms with Crippen molar-refractivity contribution in [1.29, 1.82) is 0 Å². The largest absolute Gasteiger partial charge is 0.459 e. The van der Waals surface area contributed by atoms with Gasteiger partial charge in [0.15, 0.2) is 0 Å². The van der Waals surface area contributed by atoms with E-state index in [2.05, 4.69) is 30.9 Å². The minimum Gasteiger partial charge on any atom is -0.459 e. The van der Waals surface area contributed by atoms with Crippen LogP contribution >= 0.6 is 0 Å². The number of hydrogen-bond acceptors (Lipinski definition) is 11. The van der Waals surface area contributed by atoms with Crippen LogP contribution in [-0.4, -0.2) is 83.2 Å². The number of nitro benzene ring substituents is 1. The third-order valence-electron chi connectivity index (χ3n) is 13.6. The summed E-state index contributed by atoms with van der Waals surface area (Å²) in [5, 5.41) is 36.2. The molecule has 2 fully saturated rings. The second-order valence-electron chi connectivity index (χ2n) is 17.8. The van der Waals surface area contributed by atoms with Crippen molar-refractivity contribution in [3.8, 4) is 28.4 Å². The van der Waals surface area contributed by atoms with E-state index in [0.29, 0.717) is 54.4 Å². The van der Waals surface area contributed by atoms with E-state index in [1.165, 1.54) is 18.2 Å². The predicted octanol–water partition coefficient (Wildman–Crippen LogP) is 10.4. The highest BCUT2D eigenvalue weighted by Gasteiger charge is 2.65. The summed E-state index contributed by atoms with van der Waals surface area (Å²) >= 11 is 0. The van der Waals surface area contributed by atoms with Crippen molar-refractivity contribution < 1.29 is 43.7 Å². The van der Waals surface area contributed by atoms with E-state index in [4.69, 9.17) is 28.9 Å². The van der Waals surface area contributed by atoms with E-state index in [1.807, 2.05) is 54.6 Å². The Morgan fingerprint density at radius 3 is 2.37 bits per heavy atom. The second kappa shape index (κ2) is 22.1. The molecule has 1 amide bonds. The lowest BCUT2D eigenvalue weighted by Crippen LogP contribution is -2.69. The molecule has 2 heterocycles. The summed E-state index contributed by atoms with van der Waals surface area (Å²) in [7, 11) is 1.73. The number of rotatable bonds is 20. The lowest BCUT2D eigenvalue weighted by molar-refractivity contribution is -0.384. The molecule has 0 bridgehead atoms. The molecule has 2 aliphatic heterocycles. The first kappa shape index (κ1) is 47.4. The molecule has 0 radical (unpaired) electrons. The molecule has 4 aromatic carbocycles. The van der Waals surface area contributed by atoms with Gasteiger partial charge in [-0.05, 0) is 121 Å². The smallest absolute Gasteiger partial charge is 0.269 e. The standard InChI is InChI=1S/C54H61N3O10/c1-3-32-64-54-49(56(2)50(60)29-20-37-18-23-41(24-19-37)57(61)62)36-47(55-67-51-17-9-12-33-63-51)45-34-40(15-7-10-30-58)44(16-8-11-31-59)52(53(45)54)46-35-43(27-28-48(46)66-54)65-42-25-21-39(22-26-42)38-13-5-4-6-14-38/h3-6,13-14,18-29,34-35,40,44,49,51-53,58-59H,1,7-12,15-17,30-33,36H2,2H3. The quantitative estimate of drug-likeness (QED) is 0.0287. The molecule has 352 valence electrons. The number of nitro groups is 1. The molecule has 7 unspecified atom stereocenters. The minimum atomic E-state index is -1.44. The first-order valence-electron chi connectivity index (χ1n) is 23.6. The molecule has 2 aliphatic carbocycles. The summed E-state index contributed by atoms with van der Waals surface area (Å²) < 4.78 is 26.9. The Morgan fingerprint density at radius 2 is 1.67 bits per heavy atom. The molecule has 4 aliphatic rings. The van der Waals surface area contributed by atoms with Gasteiger partial charge in [-0.25, -0.2) is 0 Å². The third kappa shape index (κ3) is 10.7. The number of oxime groups is 1. The zero-order valence-corrected chi connectivity index (χ0v) is 38.1. The normalized spacial score (nSPS) is 24.8. The number of carbonyl (C=O) groups is 1. The average Bonchev–Trinajstić information content (AvgIpc) is 3.36. The fourth-order valence-electron chi connectivity index (χ4n) is 10.3. The third-order valence-corrected chi connectivity index (χ3v) is 13.6. The summed E-state index contributed by atoms with van der Waals surface area (Å²) in [5.74, 6) is -0.511. The summed E-state index contributed by atoms with van der Waals surface area (Å²) in [6, 6.07) is 29.4. The van der Waals surface area contributed by atoms with Gasteiger partial charge in [-0.3, -0.25) is 14.9 Å². The molecule has 0 spiro atoms.